The Morgan fingerprint density at radius 3 is 2.00 bits per heavy atom. The van der Waals surface area contributed by atoms with Crippen LogP contribution in [0.2, 0.25) is 0 Å². The van der Waals surface area contributed by atoms with Crippen molar-refractivity contribution in [3.63, 3.8) is 0 Å². The second-order valence-corrected chi connectivity index (χ2v) is 9.01. The first-order chi connectivity index (χ1) is 16.6. The van der Waals surface area contributed by atoms with Crippen molar-refractivity contribution in [1.82, 2.24) is 9.80 Å². The van der Waals surface area contributed by atoms with Crippen LogP contribution >= 0.6 is 11.8 Å². The first kappa shape index (κ1) is 23.8. The quantitative estimate of drug-likeness (QED) is 0.348. The fourth-order valence-corrected chi connectivity index (χ4v) is 4.67. The fourth-order valence-electron chi connectivity index (χ4n) is 3.81. The van der Waals surface area contributed by atoms with E-state index >= 15 is 0 Å². The molecule has 0 spiro atoms. The largest absolute Gasteiger partial charge is 0.494 e. The Morgan fingerprint density at radius 1 is 0.853 bits per heavy atom. The summed E-state index contributed by atoms with van der Waals surface area (Å²) in [6.45, 7) is 4.97. The Balaban J connectivity index is 1.43. The normalized spacial score (nSPS) is 14.9. The Kier molecular flexibility index (Phi) is 8.17. The molecule has 1 aliphatic heterocycles. The molecule has 1 saturated heterocycles. The van der Waals surface area contributed by atoms with Gasteiger partial charge in [0.05, 0.1) is 11.5 Å². The Bertz CT molecular complexity index is 1090. The summed E-state index contributed by atoms with van der Waals surface area (Å²) in [7, 11) is 0. The van der Waals surface area contributed by atoms with Gasteiger partial charge in [0.15, 0.2) is 0 Å². The molecule has 2 amide bonds. The fraction of sp³-hybridized carbons (Fsp3) is 0.214. The van der Waals surface area contributed by atoms with Crippen LogP contribution in [0.5, 0.6) is 5.75 Å². The van der Waals surface area contributed by atoms with Gasteiger partial charge in [0.2, 0.25) is 0 Å². The summed E-state index contributed by atoms with van der Waals surface area (Å²) in [6, 6.07) is 28.0. The summed E-state index contributed by atoms with van der Waals surface area (Å²) in [5.41, 5.74) is 3.26. The van der Waals surface area contributed by atoms with Gasteiger partial charge >= 0.3 is 0 Å². The zero-order valence-electron chi connectivity index (χ0n) is 19.2. The number of amides is 2. The van der Waals surface area contributed by atoms with Crippen molar-refractivity contribution in [1.29, 1.82) is 0 Å². The van der Waals surface area contributed by atoms with E-state index in [0.29, 0.717) is 24.6 Å². The van der Waals surface area contributed by atoms with Crippen molar-refractivity contribution in [2.75, 3.05) is 19.7 Å². The van der Waals surface area contributed by atoms with Crippen LogP contribution in [0, 0.1) is 0 Å². The van der Waals surface area contributed by atoms with E-state index in [4.69, 9.17) is 4.74 Å². The molecule has 174 valence electrons. The predicted molar refractivity (Wildman–Crippen MR) is 137 cm³/mol. The lowest BCUT2D eigenvalue weighted by Crippen LogP contribution is -2.37. The third-order valence-electron chi connectivity index (χ3n) is 5.50. The van der Waals surface area contributed by atoms with Crippen LogP contribution in [0.4, 0.5) is 4.79 Å². The highest BCUT2D eigenvalue weighted by atomic mass is 32.2. The van der Waals surface area contributed by atoms with Crippen LogP contribution < -0.4 is 4.74 Å². The molecule has 5 nitrogen and oxygen atoms in total. The van der Waals surface area contributed by atoms with Gasteiger partial charge in [-0.3, -0.25) is 19.4 Å². The van der Waals surface area contributed by atoms with Gasteiger partial charge < -0.3 is 4.74 Å². The molecule has 0 radical (unpaired) electrons. The van der Waals surface area contributed by atoms with Crippen molar-refractivity contribution in [2.24, 2.45) is 0 Å². The van der Waals surface area contributed by atoms with E-state index in [1.165, 1.54) is 16.0 Å². The lowest BCUT2D eigenvalue weighted by molar-refractivity contribution is -0.122. The highest BCUT2D eigenvalue weighted by Gasteiger charge is 2.35. The third kappa shape index (κ3) is 6.37. The van der Waals surface area contributed by atoms with Crippen LogP contribution in [0.15, 0.2) is 89.8 Å². The first-order valence-corrected chi connectivity index (χ1v) is 12.2. The van der Waals surface area contributed by atoms with Gasteiger partial charge in [0.25, 0.3) is 11.1 Å². The summed E-state index contributed by atoms with van der Waals surface area (Å²) in [6.07, 6.45) is 1.77. The van der Waals surface area contributed by atoms with Crippen LogP contribution in [0.25, 0.3) is 6.08 Å². The maximum atomic E-state index is 13.0. The average molecular weight is 473 g/mol. The maximum absolute atomic E-state index is 13.0. The number of thioether (sulfide) groups is 1. The molecule has 0 saturated carbocycles. The van der Waals surface area contributed by atoms with Gasteiger partial charge in [-0.05, 0) is 53.6 Å². The van der Waals surface area contributed by atoms with E-state index in [1.54, 1.807) is 6.08 Å². The molecule has 3 aromatic rings. The average Bonchev–Trinajstić information content (AvgIpc) is 3.12. The summed E-state index contributed by atoms with van der Waals surface area (Å²) < 4.78 is 5.47. The molecule has 4 rings (SSSR count). The summed E-state index contributed by atoms with van der Waals surface area (Å²) >= 11 is 0.999. The van der Waals surface area contributed by atoms with E-state index in [0.717, 1.165) is 36.2 Å². The van der Waals surface area contributed by atoms with E-state index in [2.05, 4.69) is 29.2 Å². The van der Waals surface area contributed by atoms with Crippen LogP contribution in [-0.2, 0) is 17.9 Å². The first-order valence-electron chi connectivity index (χ1n) is 11.4. The molecule has 0 aromatic heterocycles. The van der Waals surface area contributed by atoms with Gasteiger partial charge in [-0.1, -0.05) is 72.8 Å². The molecule has 0 bridgehead atoms. The number of ether oxygens (including phenoxy) is 1. The minimum atomic E-state index is -0.233. The third-order valence-corrected chi connectivity index (χ3v) is 6.41. The molecule has 0 atom stereocenters. The number of rotatable bonds is 10. The maximum Gasteiger partial charge on any atom is 0.293 e. The molecule has 1 aliphatic rings. The SMILES string of the molecule is CCOc1ccc(C=C2SC(=O)N(CCN(Cc3ccccc3)Cc3ccccc3)C2=O)cc1. The number of nitrogens with zero attached hydrogens (tertiary/aromatic N) is 2. The Labute approximate surface area is 205 Å². The lowest BCUT2D eigenvalue weighted by atomic mass is 10.1. The second-order valence-electron chi connectivity index (χ2n) is 8.02. The molecule has 1 heterocycles. The lowest BCUT2D eigenvalue weighted by Gasteiger charge is -2.24. The molecule has 3 aromatic carbocycles. The highest BCUT2D eigenvalue weighted by molar-refractivity contribution is 8.18. The van der Waals surface area contributed by atoms with E-state index in [-0.39, 0.29) is 11.1 Å². The van der Waals surface area contributed by atoms with E-state index in [9.17, 15) is 9.59 Å². The molecule has 0 N–H and O–H groups in total. The zero-order valence-corrected chi connectivity index (χ0v) is 20.0. The zero-order chi connectivity index (χ0) is 23.8. The van der Waals surface area contributed by atoms with Gasteiger partial charge in [0, 0.05) is 26.2 Å². The number of carbonyl (C=O) groups is 2. The molecular formula is C28H28N2O3S. The van der Waals surface area contributed by atoms with Crippen LogP contribution in [-0.4, -0.2) is 40.6 Å². The number of hydrogen-bond acceptors (Lipinski definition) is 5. The van der Waals surface area contributed by atoms with Crippen molar-refractivity contribution >= 4 is 29.0 Å². The summed E-state index contributed by atoms with van der Waals surface area (Å²) in [5, 5.41) is -0.221. The van der Waals surface area contributed by atoms with E-state index in [1.807, 2.05) is 67.6 Å². The van der Waals surface area contributed by atoms with Gasteiger partial charge in [-0.25, -0.2) is 0 Å². The van der Waals surface area contributed by atoms with Gasteiger partial charge in [-0.2, -0.15) is 0 Å². The monoisotopic (exact) mass is 472 g/mol. The van der Waals surface area contributed by atoms with Crippen molar-refractivity contribution in [3.05, 3.63) is 107 Å². The second kappa shape index (κ2) is 11.7. The van der Waals surface area contributed by atoms with Crippen LogP contribution in [0.3, 0.4) is 0 Å². The van der Waals surface area contributed by atoms with Crippen molar-refractivity contribution in [2.45, 2.75) is 20.0 Å². The minimum absolute atomic E-state index is 0.221. The number of benzene rings is 3. The van der Waals surface area contributed by atoms with Gasteiger partial charge in [0.1, 0.15) is 5.75 Å². The number of imide groups is 1. The topological polar surface area (TPSA) is 49.9 Å². The highest BCUT2D eigenvalue weighted by Crippen LogP contribution is 2.32. The summed E-state index contributed by atoms with van der Waals surface area (Å²) in [4.78, 5) is 29.7. The number of hydrogen-bond donors (Lipinski definition) is 0. The number of carbonyl (C=O) groups excluding carboxylic acids is 2. The van der Waals surface area contributed by atoms with E-state index < -0.39 is 0 Å². The minimum Gasteiger partial charge on any atom is -0.494 e. The van der Waals surface area contributed by atoms with Crippen LogP contribution in [0.1, 0.15) is 23.6 Å². The smallest absolute Gasteiger partial charge is 0.293 e. The molecule has 0 aliphatic carbocycles. The Morgan fingerprint density at radius 2 is 1.44 bits per heavy atom. The molecular weight excluding hydrogens is 444 g/mol. The van der Waals surface area contributed by atoms with Crippen molar-refractivity contribution < 1.29 is 14.3 Å². The Hall–Kier alpha value is -3.35. The molecule has 1 fully saturated rings. The standard InChI is InChI=1S/C28H28N2O3S/c1-2-33-25-15-13-22(14-16-25)19-26-27(31)30(28(32)34-26)18-17-29(20-23-9-5-3-6-10-23)21-24-11-7-4-8-12-24/h3-16,19H,2,17-18,20-21H2,1H3. The summed E-state index contributed by atoms with van der Waals surface area (Å²) in [5.74, 6) is 0.549. The predicted octanol–water partition coefficient (Wildman–Crippen LogP) is 5.82. The van der Waals surface area contributed by atoms with Gasteiger partial charge in [-0.15, -0.1) is 0 Å². The van der Waals surface area contributed by atoms with Crippen molar-refractivity contribution in [3.8, 4) is 5.75 Å². The molecule has 0 unspecified atom stereocenters. The molecule has 6 heteroatoms. The molecule has 34 heavy (non-hydrogen) atoms.